The van der Waals surface area contributed by atoms with Gasteiger partial charge in [-0.25, -0.2) is 0 Å². The van der Waals surface area contributed by atoms with Crippen LogP contribution in [0.15, 0.2) is 41.2 Å². The van der Waals surface area contributed by atoms with Crippen molar-refractivity contribution in [3.63, 3.8) is 0 Å². The molecular formula is C16H14N2O. The van der Waals surface area contributed by atoms with Gasteiger partial charge in [0.2, 0.25) is 0 Å². The van der Waals surface area contributed by atoms with Gasteiger partial charge in [-0.15, -0.1) is 0 Å². The van der Waals surface area contributed by atoms with E-state index in [1.165, 1.54) is 5.56 Å². The summed E-state index contributed by atoms with van der Waals surface area (Å²) in [6, 6.07) is 14.1. The molecule has 1 aromatic carbocycles. The number of nitrogens with one attached hydrogen (secondary N) is 1. The third-order valence-corrected chi connectivity index (χ3v) is 3.82. The van der Waals surface area contributed by atoms with Crippen LogP contribution in [0.1, 0.15) is 34.7 Å². The Hall–Kier alpha value is -2.34. The van der Waals surface area contributed by atoms with Crippen molar-refractivity contribution in [3.8, 4) is 6.07 Å². The zero-order valence-electron chi connectivity index (χ0n) is 10.5. The van der Waals surface area contributed by atoms with Gasteiger partial charge in [-0.2, -0.15) is 5.26 Å². The molecule has 1 heterocycles. The highest BCUT2D eigenvalue weighted by Gasteiger charge is 2.21. The lowest BCUT2D eigenvalue weighted by molar-refractivity contribution is 0.572. The minimum atomic E-state index is -0.264. The Morgan fingerprint density at radius 3 is 2.79 bits per heavy atom. The molecule has 94 valence electrons. The highest BCUT2D eigenvalue weighted by Crippen LogP contribution is 2.31. The SMILES string of the molecule is N#Cc1cc2c([nH]c1=O)CC[C@@H](c1ccccc1)C2. The minimum Gasteiger partial charge on any atom is -0.325 e. The molecule has 19 heavy (non-hydrogen) atoms. The molecule has 0 saturated carbocycles. The van der Waals surface area contributed by atoms with Crippen LogP contribution in [-0.4, -0.2) is 4.98 Å². The maximum atomic E-state index is 11.6. The van der Waals surface area contributed by atoms with Crippen LogP contribution in [0.4, 0.5) is 0 Å². The normalized spacial score (nSPS) is 17.5. The second-order valence-electron chi connectivity index (χ2n) is 4.98. The van der Waals surface area contributed by atoms with Gasteiger partial charge < -0.3 is 4.98 Å². The second-order valence-corrected chi connectivity index (χ2v) is 4.98. The van der Waals surface area contributed by atoms with E-state index < -0.39 is 0 Å². The third kappa shape index (κ3) is 2.17. The average Bonchev–Trinajstić information content (AvgIpc) is 2.47. The van der Waals surface area contributed by atoms with Crippen molar-refractivity contribution in [2.45, 2.75) is 25.2 Å². The van der Waals surface area contributed by atoms with Gasteiger partial charge in [0.1, 0.15) is 11.6 Å². The predicted molar refractivity (Wildman–Crippen MR) is 73.0 cm³/mol. The van der Waals surface area contributed by atoms with Crippen molar-refractivity contribution in [2.24, 2.45) is 0 Å². The van der Waals surface area contributed by atoms with Gasteiger partial charge in [0.25, 0.3) is 5.56 Å². The van der Waals surface area contributed by atoms with Crippen LogP contribution in [-0.2, 0) is 12.8 Å². The van der Waals surface area contributed by atoms with Gasteiger partial charge in [0.05, 0.1) is 0 Å². The zero-order valence-corrected chi connectivity index (χ0v) is 10.5. The van der Waals surface area contributed by atoms with Crippen molar-refractivity contribution >= 4 is 0 Å². The first kappa shape index (κ1) is 11.7. The van der Waals surface area contributed by atoms with E-state index in [0.717, 1.165) is 30.5 Å². The minimum absolute atomic E-state index is 0.215. The van der Waals surface area contributed by atoms with Crippen LogP contribution in [0.3, 0.4) is 0 Å². The fourth-order valence-corrected chi connectivity index (χ4v) is 2.80. The fraction of sp³-hybridized carbons (Fsp3) is 0.250. The van der Waals surface area contributed by atoms with E-state index in [-0.39, 0.29) is 11.1 Å². The highest BCUT2D eigenvalue weighted by molar-refractivity contribution is 5.36. The Kier molecular flexibility index (Phi) is 2.92. The molecule has 0 radical (unpaired) electrons. The number of nitrogens with zero attached hydrogens (tertiary/aromatic N) is 1. The van der Waals surface area contributed by atoms with Crippen LogP contribution < -0.4 is 5.56 Å². The first-order valence-electron chi connectivity index (χ1n) is 6.48. The average molecular weight is 250 g/mol. The Balaban J connectivity index is 1.96. The third-order valence-electron chi connectivity index (χ3n) is 3.82. The Morgan fingerprint density at radius 1 is 1.26 bits per heavy atom. The summed E-state index contributed by atoms with van der Waals surface area (Å²) in [6.07, 6.45) is 2.81. The van der Waals surface area contributed by atoms with Gasteiger partial charge >= 0.3 is 0 Å². The lowest BCUT2D eigenvalue weighted by atomic mass is 9.82. The largest absolute Gasteiger partial charge is 0.325 e. The smallest absolute Gasteiger partial charge is 0.266 e. The standard InChI is InChI=1S/C16H14N2O/c17-10-14-9-13-8-12(11-4-2-1-3-5-11)6-7-15(13)18-16(14)19/h1-5,9,12H,6-8H2,(H,18,19)/t12-/m1/s1. The highest BCUT2D eigenvalue weighted by atomic mass is 16.1. The molecule has 3 nitrogen and oxygen atoms in total. The van der Waals surface area contributed by atoms with Gasteiger partial charge in [-0.05, 0) is 42.4 Å². The Morgan fingerprint density at radius 2 is 2.05 bits per heavy atom. The van der Waals surface area contributed by atoms with Crippen molar-refractivity contribution in [2.75, 3.05) is 0 Å². The molecule has 1 aliphatic carbocycles. The van der Waals surface area contributed by atoms with Crippen LogP contribution in [0.5, 0.6) is 0 Å². The lowest BCUT2D eigenvalue weighted by Gasteiger charge is -2.24. The summed E-state index contributed by atoms with van der Waals surface area (Å²) in [5.41, 5.74) is 3.39. The molecule has 0 aliphatic heterocycles. The molecule has 3 rings (SSSR count). The van der Waals surface area contributed by atoms with Crippen LogP contribution >= 0.6 is 0 Å². The quantitative estimate of drug-likeness (QED) is 0.845. The first-order chi connectivity index (χ1) is 9.28. The number of hydrogen-bond acceptors (Lipinski definition) is 2. The number of nitriles is 1. The summed E-state index contributed by atoms with van der Waals surface area (Å²) in [7, 11) is 0. The number of pyridine rings is 1. The predicted octanol–water partition coefficient (Wildman–Crippen LogP) is 2.52. The van der Waals surface area contributed by atoms with E-state index >= 15 is 0 Å². The van der Waals surface area contributed by atoms with Gasteiger partial charge in [-0.3, -0.25) is 4.79 Å². The molecule has 0 amide bonds. The molecule has 1 aromatic heterocycles. The van der Waals surface area contributed by atoms with Crippen molar-refractivity contribution < 1.29 is 0 Å². The fourth-order valence-electron chi connectivity index (χ4n) is 2.80. The molecule has 1 atom stereocenters. The van der Waals surface area contributed by atoms with Crippen molar-refractivity contribution in [1.29, 1.82) is 5.26 Å². The molecule has 1 aliphatic rings. The van der Waals surface area contributed by atoms with E-state index in [4.69, 9.17) is 5.26 Å². The van der Waals surface area contributed by atoms with Crippen LogP contribution in [0.25, 0.3) is 0 Å². The topological polar surface area (TPSA) is 56.6 Å². The van der Waals surface area contributed by atoms with E-state index in [1.807, 2.05) is 12.1 Å². The summed E-state index contributed by atoms with van der Waals surface area (Å²) >= 11 is 0. The summed E-state index contributed by atoms with van der Waals surface area (Å²) in [4.78, 5) is 14.4. The zero-order chi connectivity index (χ0) is 13.2. The Bertz CT molecular complexity index is 695. The van der Waals surface area contributed by atoms with Crippen molar-refractivity contribution in [1.82, 2.24) is 4.98 Å². The molecule has 3 heteroatoms. The molecular weight excluding hydrogens is 236 g/mol. The summed E-state index contributed by atoms with van der Waals surface area (Å²) in [5.74, 6) is 0.478. The summed E-state index contributed by atoms with van der Waals surface area (Å²) in [6.45, 7) is 0. The van der Waals surface area contributed by atoms with Crippen LogP contribution in [0.2, 0.25) is 0 Å². The van der Waals surface area contributed by atoms with Crippen LogP contribution in [0, 0.1) is 11.3 Å². The number of aromatic amines is 1. The molecule has 0 fully saturated rings. The van der Waals surface area contributed by atoms with Gasteiger partial charge in [0, 0.05) is 5.69 Å². The monoisotopic (exact) mass is 250 g/mol. The number of rotatable bonds is 1. The van der Waals surface area contributed by atoms with E-state index in [9.17, 15) is 4.79 Å². The number of fused-ring (bicyclic) bond motifs is 1. The number of hydrogen-bond donors (Lipinski definition) is 1. The maximum Gasteiger partial charge on any atom is 0.266 e. The molecule has 0 saturated heterocycles. The molecule has 2 aromatic rings. The van der Waals surface area contributed by atoms with Gasteiger partial charge in [0.15, 0.2) is 0 Å². The van der Waals surface area contributed by atoms with Gasteiger partial charge in [-0.1, -0.05) is 30.3 Å². The Labute approximate surface area is 111 Å². The number of benzene rings is 1. The molecule has 0 unspecified atom stereocenters. The second kappa shape index (κ2) is 4.74. The van der Waals surface area contributed by atoms with Crippen molar-refractivity contribution in [3.05, 3.63) is 69.1 Å². The van der Waals surface area contributed by atoms with E-state index in [1.54, 1.807) is 6.07 Å². The number of aromatic nitrogens is 1. The van der Waals surface area contributed by atoms with E-state index in [0.29, 0.717) is 5.92 Å². The summed E-state index contributed by atoms with van der Waals surface area (Å²) in [5, 5.41) is 8.93. The first-order valence-corrected chi connectivity index (χ1v) is 6.48. The molecule has 1 N–H and O–H groups in total. The number of aryl methyl sites for hydroxylation is 1. The molecule has 0 bridgehead atoms. The lowest BCUT2D eigenvalue weighted by Crippen LogP contribution is -2.20. The van der Waals surface area contributed by atoms with E-state index in [2.05, 4.69) is 29.2 Å². The molecule has 0 spiro atoms. The summed E-state index contributed by atoms with van der Waals surface area (Å²) < 4.78 is 0. The number of H-pyrrole nitrogens is 1. The maximum absolute atomic E-state index is 11.6.